The second kappa shape index (κ2) is 4.66. The number of thiocarbonyl (C=S) groups is 1. The number of hydrogen-bond acceptors (Lipinski definition) is 2. The van der Waals surface area contributed by atoms with Crippen molar-refractivity contribution in [1.29, 1.82) is 0 Å². The fraction of sp³-hybridized carbons (Fsp3) is 0.909. The van der Waals surface area contributed by atoms with Crippen molar-refractivity contribution in [3.05, 3.63) is 0 Å². The molecule has 0 spiro atoms. The Morgan fingerprint density at radius 1 is 1.47 bits per heavy atom. The zero-order valence-electron chi connectivity index (χ0n) is 9.20. The Bertz CT molecular complexity index is 245. The van der Waals surface area contributed by atoms with E-state index in [4.69, 9.17) is 17.3 Å². The molecule has 2 fully saturated rings. The molecule has 4 atom stereocenters. The lowest BCUT2D eigenvalue weighted by Crippen LogP contribution is -2.45. The van der Waals surface area contributed by atoms with E-state index in [1.54, 1.807) is 6.92 Å². The average Bonchev–Trinajstić information content (AvgIpc) is 2.76. The van der Waals surface area contributed by atoms with Crippen LogP contribution in [0.3, 0.4) is 0 Å². The third kappa shape index (κ3) is 2.82. The van der Waals surface area contributed by atoms with Gasteiger partial charge in [0.15, 0.2) is 5.11 Å². The number of hydrogen-bond donors (Lipinski definition) is 3. The van der Waals surface area contributed by atoms with E-state index in [2.05, 4.69) is 10.6 Å². The molecule has 0 aromatic heterocycles. The van der Waals surface area contributed by atoms with Gasteiger partial charge >= 0.3 is 0 Å². The van der Waals surface area contributed by atoms with Crippen LogP contribution in [0.1, 0.15) is 32.6 Å². The van der Waals surface area contributed by atoms with Crippen molar-refractivity contribution in [2.45, 2.75) is 44.8 Å². The van der Waals surface area contributed by atoms with Crippen LogP contribution in [0.2, 0.25) is 0 Å². The second-order valence-corrected chi connectivity index (χ2v) is 5.39. The summed E-state index contributed by atoms with van der Waals surface area (Å²) in [5.41, 5.74) is 0. The Hall–Kier alpha value is -0.350. The molecule has 2 bridgehead atoms. The number of fused-ring (bicyclic) bond motifs is 2. The van der Waals surface area contributed by atoms with Crippen LogP contribution >= 0.6 is 12.2 Å². The van der Waals surface area contributed by atoms with Gasteiger partial charge in [-0.2, -0.15) is 0 Å². The molecule has 2 aliphatic carbocycles. The highest BCUT2D eigenvalue weighted by atomic mass is 32.1. The minimum atomic E-state index is -0.343. The van der Waals surface area contributed by atoms with Gasteiger partial charge in [-0.15, -0.1) is 0 Å². The standard InChI is InChI=1S/C11H20N2OS/c1-7(14)6-12-11(15)13-10-5-8-2-3-9(10)4-8/h7-10,14H,2-6H2,1H3,(H2,12,13,15)/t7-,8-,9-,10-/m1/s1. The van der Waals surface area contributed by atoms with E-state index >= 15 is 0 Å². The molecule has 0 aliphatic heterocycles. The largest absolute Gasteiger partial charge is 0.392 e. The third-order valence-electron chi connectivity index (χ3n) is 3.61. The van der Waals surface area contributed by atoms with E-state index < -0.39 is 0 Å². The summed E-state index contributed by atoms with van der Waals surface area (Å²) in [5, 5.41) is 16.2. The Balaban J connectivity index is 1.71. The lowest BCUT2D eigenvalue weighted by molar-refractivity contribution is 0.197. The molecule has 3 N–H and O–H groups in total. The summed E-state index contributed by atoms with van der Waals surface area (Å²) < 4.78 is 0. The van der Waals surface area contributed by atoms with Gasteiger partial charge in [0.25, 0.3) is 0 Å². The van der Waals surface area contributed by atoms with Crippen molar-refractivity contribution in [3.8, 4) is 0 Å². The molecule has 2 aliphatic rings. The van der Waals surface area contributed by atoms with Crippen LogP contribution in [0.4, 0.5) is 0 Å². The zero-order chi connectivity index (χ0) is 10.8. The molecule has 3 nitrogen and oxygen atoms in total. The smallest absolute Gasteiger partial charge is 0.166 e. The molecular weight excluding hydrogens is 208 g/mol. The molecule has 2 saturated carbocycles. The first kappa shape index (κ1) is 11.1. The number of rotatable bonds is 3. The Morgan fingerprint density at radius 3 is 2.80 bits per heavy atom. The normalized spacial score (nSPS) is 35.2. The predicted octanol–water partition coefficient (Wildman–Crippen LogP) is 1.02. The van der Waals surface area contributed by atoms with E-state index in [9.17, 15) is 0 Å². The minimum absolute atomic E-state index is 0.343. The summed E-state index contributed by atoms with van der Waals surface area (Å²) in [6.45, 7) is 2.29. The van der Waals surface area contributed by atoms with Crippen LogP contribution < -0.4 is 10.6 Å². The van der Waals surface area contributed by atoms with Gasteiger partial charge in [-0.1, -0.05) is 6.42 Å². The molecule has 15 heavy (non-hydrogen) atoms. The van der Waals surface area contributed by atoms with Crippen molar-refractivity contribution in [2.75, 3.05) is 6.54 Å². The molecule has 4 heteroatoms. The molecule has 2 rings (SSSR count). The van der Waals surface area contributed by atoms with Gasteiger partial charge in [-0.25, -0.2) is 0 Å². The topological polar surface area (TPSA) is 44.3 Å². The minimum Gasteiger partial charge on any atom is -0.392 e. The number of aliphatic hydroxyl groups excluding tert-OH is 1. The molecule has 0 heterocycles. The molecule has 0 unspecified atom stereocenters. The van der Waals surface area contributed by atoms with Gasteiger partial charge in [0.1, 0.15) is 0 Å². The molecule has 0 radical (unpaired) electrons. The highest BCUT2D eigenvalue weighted by Crippen LogP contribution is 2.44. The van der Waals surface area contributed by atoms with Crippen LogP contribution in [0, 0.1) is 11.8 Å². The maximum absolute atomic E-state index is 9.12. The van der Waals surface area contributed by atoms with E-state index in [1.165, 1.54) is 25.7 Å². The summed E-state index contributed by atoms with van der Waals surface area (Å²) in [6.07, 6.45) is 5.10. The Morgan fingerprint density at radius 2 is 2.27 bits per heavy atom. The Labute approximate surface area is 96.6 Å². The van der Waals surface area contributed by atoms with Crippen LogP contribution in [-0.4, -0.2) is 28.9 Å². The summed E-state index contributed by atoms with van der Waals surface area (Å²) in [4.78, 5) is 0. The Kier molecular flexibility index (Phi) is 3.46. The van der Waals surface area contributed by atoms with Gasteiger partial charge in [-0.3, -0.25) is 0 Å². The summed E-state index contributed by atoms with van der Waals surface area (Å²) in [7, 11) is 0. The van der Waals surface area contributed by atoms with Gasteiger partial charge in [0.05, 0.1) is 6.10 Å². The quantitative estimate of drug-likeness (QED) is 0.631. The molecule has 0 saturated heterocycles. The van der Waals surface area contributed by atoms with E-state index in [-0.39, 0.29) is 6.10 Å². The monoisotopic (exact) mass is 228 g/mol. The fourth-order valence-electron chi connectivity index (χ4n) is 2.88. The zero-order valence-corrected chi connectivity index (χ0v) is 10.0. The van der Waals surface area contributed by atoms with Crippen molar-refractivity contribution in [2.24, 2.45) is 11.8 Å². The van der Waals surface area contributed by atoms with Crippen LogP contribution in [-0.2, 0) is 0 Å². The lowest BCUT2D eigenvalue weighted by Gasteiger charge is -2.24. The van der Waals surface area contributed by atoms with Crippen molar-refractivity contribution in [1.82, 2.24) is 10.6 Å². The van der Waals surface area contributed by atoms with Crippen molar-refractivity contribution in [3.63, 3.8) is 0 Å². The van der Waals surface area contributed by atoms with Crippen LogP contribution in [0.15, 0.2) is 0 Å². The van der Waals surface area contributed by atoms with E-state index in [0.717, 1.165) is 11.8 Å². The van der Waals surface area contributed by atoms with Crippen LogP contribution in [0.25, 0.3) is 0 Å². The van der Waals surface area contributed by atoms with E-state index in [1.807, 2.05) is 0 Å². The van der Waals surface area contributed by atoms with Gasteiger partial charge in [-0.05, 0) is 50.2 Å². The highest BCUT2D eigenvalue weighted by Gasteiger charge is 2.39. The summed E-state index contributed by atoms with van der Waals surface area (Å²) >= 11 is 5.19. The number of aliphatic hydroxyl groups is 1. The maximum Gasteiger partial charge on any atom is 0.166 e. The molecule has 0 amide bonds. The maximum atomic E-state index is 9.12. The first-order chi connectivity index (χ1) is 7.15. The SMILES string of the molecule is C[C@@H](O)CNC(=S)N[C@@H]1C[C@@H]2CC[C@@H]1C2. The molecule has 0 aromatic carbocycles. The van der Waals surface area contributed by atoms with E-state index in [0.29, 0.717) is 17.7 Å². The predicted molar refractivity (Wildman–Crippen MR) is 64.7 cm³/mol. The molecule has 0 aromatic rings. The van der Waals surface area contributed by atoms with Gasteiger partial charge < -0.3 is 15.7 Å². The first-order valence-corrected chi connectivity index (χ1v) is 6.28. The van der Waals surface area contributed by atoms with Crippen molar-refractivity contribution < 1.29 is 5.11 Å². The third-order valence-corrected chi connectivity index (χ3v) is 3.87. The lowest BCUT2D eigenvalue weighted by atomic mass is 9.96. The van der Waals surface area contributed by atoms with Gasteiger partial charge in [0, 0.05) is 12.6 Å². The van der Waals surface area contributed by atoms with Crippen LogP contribution in [0.5, 0.6) is 0 Å². The fourth-order valence-corrected chi connectivity index (χ4v) is 3.12. The molecule has 86 valence electrons. The second-order valence-electron chi connectivity index (χ2n) is 4.98. The highest BCUT2D eigenvalue weighted by molar-refractivity contribution is 7.80. The van der Waals surface area contributed by atoms with Crippen molar-refractivity contribution >= 4 is 17.3 Å². The molecular formula is C11H20N2OS. The van der Waals surface area contributed by atoms with Gasteiger partial charge in [0.2, 0.25) is 0 Å². The summed E-state index contributed by atoms with van der Waals surface area (Å²) in [5.74, 6) is 1.77. The summed E-state index contributed by atoms with van der Waals surface area (Å²) in [6, 6.07) is 0.581. The first-order valence-electron chi connectivity index (χ1n) is 5.87. The average molecular weight is 228 g/mol. The number of nitrogens with one attached hydrogen (secondary N) is 2.